The Morgan fingerprint density at radius 3 is 2.44 bits per heavy atom. The van der Waals surface area contributed by atoms with Crippen LogP contribution in [0.1, 0.15) is 11.1 Å². The van der Waals surface area contributed by atoms with Crippen molar-refractivity contribution in [3.63, 3.8) is 0 Å². The van der Waals surface area contributed by atoms with E-state index in [0.717, 1.165) is 30.3 Å². The maximum Gasteiger partial charge on any atom is 0.244 e. The van der Waals surface area contributed by atoms with Gasteiger partial charge in [-0.1, -0.05) is 37.9 Å². The van der Waals surface area contributed by atoms with Gasteiger partial charge in [-0.05, 0) is 63.8 Å². The quantitative estimate of drug-likeness (QED) is 0.510. The number of phenolic OH excluding ortho intramolecular Hbond substituents is 1. The first-order chi connectivity index (χ1) is 11.9. The van der Waals surface area contributed by atoms with Crippen LogP contribution in [0, 0.1) is 0 Å². The van der Waals surface area contributed by atoms with Crippen molar-refractivity contribution >= 4 is 59.8 Å². The molecule has 0 unspecified atom stereocenters. The van der Waals surface area contributed by atoms with E-state index in [2.05, 4.69) is 53.1 Å². The molecule has 0 aliphatic rings. The number of rotatable bonds is 6. The van der Waals surface area contributed by atoms with E-state index < -0.39 is 0 Å². The van der Waals surface area contributed by atoms with Crippen molar-refractivity contribution in [1.29, 1.82) is 0 Å². The van der Waals surface area contributed by atoms with Crippen molar-refractivity contribution in [2.45, 2.75) is 6.42 Å². The Balaban J connectivity index is 1.90. The number of halogens is 3. The first-order valence-corrected chi connectivity index (χ1v) is 9.75. The van der Waals surface area contributed by atoms with E-state index >= 15 is 0 Å². The summed E-state index contributed by atoms with van der Waals surface area (Å²) in [7, 11) is 1.61. The van der Waals surface area contributed by atoms with Gasteiger partial charge in [-0.2, -0.15) is 0 Å². The second-order valence-electron chi connectivity index (χ2n) is 5.16. The molecule has 0 aliphatic heterocycles. The molecule has 0 saturated carbocycles. The predicted molar refractivity (Wildman–Crippen MR) is 110 cm³/mol. The molecule has 0 saturated heterocycles. The maximum absolute atomic E-state index is 11.9. The molecule has 4 nitrogen and oxygen atoms in total. The minimum absolute atomic E-state index is 0.169. The lowest BCUT2D eigenvalue weighted by atomic mass is 10.1. The van der Waals surface area contributed by atoms with E-state index in [1.165, 1.54) is 6.08 Å². The summed E-state index contributed by atoms with van der Waals surface area (Å²) in [4.78, 5) is 11.9. The standard InChI is InChI=1S/C18H16Br3NO3/c1-25-17-4-2-11(8-16(17)21)3-5-18(24)22-7-6-13-14(19)9-12(23)10-15(13)20/h2-5,8-10,23H,6-7H2,1H3,(H,22,24)/b5-3+. The van der Waals surface area contributed by atoms with Crippen LogP contribution in [0.5, 0.6) is 11.5 Å². The lowest BCUT2D eigenvalue weighted by Gasteiger charge is -2.08. The van der Waals surface area contributed by atoms with E-state index in [0.29, 0.717) is 13.0 Å². The third-order valence-corrected chi connectivity index (χ3v) is 5.44. The molecule has 7 heteroatoms. The van der Waals surface area contributed by atoms with Crippen LogP contribution in [0.15, 0.2) is 49.8 Å². The van der Waals surface area contributed by atoms with E-state index in [1.807, 2.05) is 18.2 Å². The number of aromatic hydroxyl groups is 1. The molecule has 2 aromatic rings. The Morgan fingerprint density at radius 2 is 1.84 bits per heavy atom. The van der Waals surface area contributed by atoms with Gasteiger partial charge in [0.25, 0.3) is 0 Å². The molecule has 1 amide bonds. The zero-order valence-corrected chi connectivity index (χ0v) is 18.1. The van der Waals surface area contributed by atoms with Gasteiger partial charge in [-0.3, -0.25) is 4.79 Å². The van der Waals surface area contributed by atoms with Crippen molar-refractivity contribution in [3.8, 4) is 11.5 Å². The number of hydrogen-bond donors (Lipinski definition) is 2. The van der Waals surface area contributed by atoms with Crippen molar-refractivity contribution in [2.24, 2.45) is 0 Å². The third kappa shape index (κ3) is 5.87. The predicted octanol–water partition coefficient (Wildman–Crippen LogP) is 5.06. The average Bonchev–Trinajstić information content (AvgIpc) is 2.55. The number of carbonyl (C=O) groups excluding carboxylic acids is 1. The van der Waals surface area contributed by atoms with Gasteiger partial charge < -0.3 is 15.2 Å². The minimum Gasteiger partial charge on any atom is -0.508 e. The summed E-state index contributed by atoms with van der Waals surface area (Å²) in [6, 6.07) is 8.85. The van der Waals surface area contributed by atoms with Crippen LogP contribution in [-0.4, -0.2) is 24.7 Å². The van der Waals surface area contributed by atoms with Gasteiger partial charge in [0.2, 0.25) is 5.91 Å². The molecule has 0 bridgehead atoms. The minimum atomic E-state index is -0.169. The zero-order chi connectivity index (χ0) is 18.4. The molecule has 2 aromatic carbocycles. The SMILES string of the molecule is COc1ccc(/C=C/C(=O)NCCc2c(Br)cc(O)cc2Br)cc1Br. The molecule has 132 valence electrons. The molecule has 0 radical (unpaired) electrons. The van der Waals surface area contributed by atoms with Crippen molar-refractivity contribution in [2.75, 3.05) is 13.7 Å². The number of methoxy groups -OCH3 is 1. The number of nitrogens with one attached hydrogen (secondary N) is 1. The van der Waals surface area contributed by atoms with Gasteiger partial charge in [0.1, 0.15) is 11.5 Å². The molecule has 0 aromatic heterocycles. The van der Waals surface area contributed by atoms with Gasteiger partial charge >= 0.3 is 0 Å². The Hall–Kier alpha value is -1.31. The monoisotopic (exact) mass is 531 g/mol. The number of carbonyl (C=O) groups is 1. The first kappa shape index (κ1) is 20.0. The van der Waals surface area contributed by atoms with Crippen LogP contribution in [-0.2, 0) is 11.2 Å². The van der Waals surface area contributed by atoms with Crippen LogP contribution in [0.4, 0.5) is 0 Å². The third-order valence-electron chi connectivity index (χ3n) is 3.40. The normalized spacial score (nSPS) is 10.9. The molecule has 25 heavy (non-hydrogen) atoms. The largest absolute Gasteiger partial charge is 0.508 e. The van der Waals surface area contributed by atoms with Crippen molar-refractivity contribution in [1.82, 2.24) is 5.32 Å². The van der Waals surface area contributed by atoms with Crippen LogP contribution >= 0.6 is 47.8 Å². The first-order valence-electron chi connectivity index (χ1n) is 7.37. The fourth-order valence-corrected chi connectivity index (χ4v) is 4.27. The van der Waals surface area contributed by atoms with Gasteiger partial charge in [-0.25, -0.2) is 0 Å². The Bertz CT molecular complexity index is 783. The van der Waals surface area contributed by atoms with E-state index in [9.17, 15) is 9.90 Å². The number of phenols is 1. The summed E-state index contributed by atoms with van der Waals surface area (Å²) in [5.41, 5.74) is 1.88. The van der Waals surface area contributed by atoms with Crippen molar-refractivity contribution in [3.05, 3.63) is 61.0 Å². The van der Waals surface area contributed by atoms with E-state index in [1.54, 1.807) is 25.3 Å². The van der Waals surface area contributed by atoms with Crippen LogP contribution < -0.4 is 10.1 Å². The highest BCUT2D eigenvalue weighted by Crippen LogP contribution is 2.30. The average molecular weight is 534 g/mol. The summed E-state index contributed by atoms with van der Waals surface area (Å²) >= 11 is 10.2. The summed E-state index contributed by atoms with van der Waals surface area (Å²) < 4.78 is 7.60. The fourth-order valence-electron chi connectivity index (χ4n) is 2.16. The second kappa shape index (κ2) is 9.40. The molecular formula is C18H16Br3NO3. The van der Waals surface area contributed by atoms with Crippen LogP contribution in [0.2, 0.25) is 0 Å². The van der Waals surface area contributed by atoms with Crippen LogP contribution in [0.25, 0.3) is 6.08 Å². The molecule has 0 atom stereocenters. The summed E-state index contributed by atoms with van der Waals surface area (Å²) in [5, 5.41) is 12.4. The Kier molecular flexibility index (Phi) is 7.53. The second-order valence-corrected chi connectivity index (χ2v) is 7.72. The molecule has 0 fully saturated rings. The van der Waals surface area contributed by atoms with E-state index in [-0.39, 0.29) is 11.7 Å². The Morgan fingerprint density at radius 1 is 1.16 bits per heavy atom. The van der Waals surface area contributed by atoms with Gasteiger partial charge in [0.15, 0.2) is 0 Å². The van der Waals surface area contributed by atoms with Gasteiger partial charge in [-0.15, -0.1) is 0 Å². The fraction of sp³-hybridized carbons (Fsp3) is 0.167. The van der Waals surface area contributed by atoms with Gasteiger partial charge in [0, 0.05) is 21.6 Å². The molecule has 0 heterocycles. The van der Waals surface area contributed by atoms with Crippen LogP contribution in [0.3, 0.4) is 0 Å². The summed E-state index contributed by atoms with van der Waals surface area (Å²) in [6.07, 6.45) is 3.87. The number of benzene rings is 2. The maximum atomic E-state index is 11.9. The summed E-state index contributed by atoms with van der Waals surface area (Å²) in [5.74, 6) is 0.754. The molecule has 0 aliphatic carbocycles. The Labute approximate surface area is 171 Å². The lowest BCUT2D eigenvalue weighted by Crippen LogP contribution is -2.23. The highest BCUT2D eigenvalue weighted by Gasteiger charge is 2.07. The smallest absolute Gasteiger partial charge is 0.244 e. The van der Waals surface area contributed by atoms with E-state index in [4.69, 9.17) is 4.74 Å². The highest BCUT2D eigenvalue weighted by molar-refractivity contribution is 9.11. The summed E-state index contributed by atoms with van der Waals surface area (Å²) in [6.45, 7) is 0.484. The molecule has 0 spiro atoms. The highest BCUT2D eigenvalue weighted by atomic mass is 79.9. The van der Waals surface area contributed by atoms with Crippen molar-refractivity contribution < 1.29 is 14.6 Å². The molecule has 2 N–H and O–H groups in total. The lowest BCUT2D eigenvalue weighted by molar-refractivity contribution is -0.116. The molecule has 2 rings (SSSR count). The number of hydrogen-bond acceptors (Lipinski definition) is 3. The van der Waals surface area contributed by atoms with Gasteiger partial charge in [0.05, 0.1) is 11.6 Å². The topological polar surface area (TPSA) is 58.6 Å². The molecular weight excluding hydrogens is 518 g/mol. The number of ether oxygens (including phenoxy) is 1. The zero-order valence-electron chi connectivity index (χ0n) is 13.4. The number of amides is 1.